The molecular formula is C15H24N4O2. The quantitative estimate of drug-likeness (QED) is 0.581. The fraction of sp³-hybridized carbons (Fsp3) is 0.600. The molecule has 4 N–H and O–H groups in total. The van der Waals surface area contributed by atoms with Crippen molar-refractivity contribution in [2.24, 2.45) is 5.84 Å². The molecular weight excluding hydrogens is 268 g/mol. The van der Waals surface area contributed by atoms with Gasteiger partial charge in [0.25, 0.3) is 5.91 Å². The van der Waals surface area contributed by atoms with Gasteiger partial charge in [-0.15, -0.1) is 0 Å². The van der Waals surface area contributed by atoms with Crippen LogP contribution in [0.4, 0.5) is 5.82 Å². The number of ether oxygens (including phenoxy) is 1. The van der Waals surface area contributed by atoms with Crippen LogP contribution in [0.1, 0.15) is 56.1 Å². The first kappa shape index (κ1) is 15.7. The molecule has 6 nitrogen and oxygen atoms in total. The number of hydrogen-bond donors (Lipinski definition) is 3. The molecule has 116 valence electrons. The molecule has 0 radical (unpaired) electrons. The number of hydrazine groups is 1. The van der Waals surface area contributed by atoms with Gasteiger partial charge in [-0.3, -0.25) is 4.79 Å². The summed E-state index contributed by atoms with van der Waals surface area (Å²) < 4.78 is 5.55. The van der Waals surface area contributed by atoms with Crippen LogP contribution in [0.3, 0.4) is 0 Å². The van der Waals surface area contributed by atoms with E-state index in [0.717, 1.165) is 12.1 Å². The van der Waals surface area contributed by atoms with Crippen molar-refractivity contribution < 1.29 is 9.53 Å². The third-order valence-electron chi connectivity index (χ3n) is 4.13. The minimum absolute atomic E-state index is 0.0000368. The molecule has 2 rings (SSSR count). The van der Waals surface area contributed by atoms with Crippen LogP contribution in [0.25, 0.3) is 0 Å². The number of aromatic nitrogens is 1. The second kappa shape index (κ2) is 5.99. The summed E-state index contributed by atoms with van der Waals surface area (Å²) in [6, 6.07) is 3.47. The molecule has 2 unspecified atom stereocenters. The van der Waals surface area contributed by atoms with Gasteiger partial charge in [0, 0.05) is 17.9 Å². The van der Waals surface area contributed by atoms with Crippen molar-refractivity contribution in [2.45, 2.75) is 51.7 Å². The molecule has 0 saturated carbocycles. The molecule has 2 atom stereocenters. The van der Waals surface area contributed by atoms with Crippen LogP contribution >= 0.6 is 0 Å². The number of anilines is 1. The number of nitrogens with zero attached hydrogens (tertiary/aromatic N) is 1. The molecule has 1 aromatic rings. The van der Waals surface area contributed by atoms with Crippen molar-refractivity contribution in [3.8, 4) is 0 Å². The summed E-state index contributed by atoms with van der Waals surface area (Å²) in [6.45, 7) is 8.71. The number of rotatable bonds is 4. The van der Waals surface area contributed by atoms with E-state index in [4.69, 9.17) is 10.6 Å². The number of carbonyl (C=O) groups is 1. The third-order valence-corrected chi connectivity index (χ3v) is 4.13. The number of nitrogen functional groups attached to an aromatic ring is 1. The minimum atomic E-state index is -0.339. The molecule has 1 aromatic heterocycles. The molecule has 2 heterocycles. The Morgan fingerprint density at radius 2 is 2.24 bits per heavy atom. The Kier molecular flexibility index (Phi) is 4.49. The van der Waals surface area contributed by atoms with Gasteiger partial charge in [-0.05, 0) is 38.3 Å². The Morgan fingerprint density at radius 1 is 1.52 bits per heavy atom. The van der Waals surface area contributed by atoms with Crippen LogP contribution in [-0.4, -0.2) is 29.1 Å². The maximum absolute atomic E-state index is 12.5. The number of hydrogen-bond acceptors (Lipinski definition) is 5. The van der Waals surface area contributed by atoms with Gasteiger partial charge in [0.2, 0.25) is 0 Å². The van der Waals surface area contributed by atoms with E-state index in [1.165, 1.54) is 0 Å². The fourth-order valence-electron chi connectivity index (χ4n) is 2.38. The maximum atomic E-state index is 12.5. The van der Waals surface area contributed by atoms with E-state index >= 15 is 0 Å². The van der Waals surface area contributed by atoms with Gasteiger partial charge >= 0.3 is 0 Å². The van der Waals surface area contributed by atoms with Crippen molar-refractivity contribution in [3.05, 3.63) is 23.4 Å². The third kappa shape index (κ3) is 3.33. The lowest BCUT2D eigenvalue weighted by molar-refractivity contribution is 0.0727. The van der Waals surface area contributed by atoms with E-state index in [-0.39, 0.29) is 23.5 Å². The summed E-state index contributed by atoms with van der Waals surface area (Å²) in [5.74, 6) is 6.02. The van der Waals surface area contributed by atoms with Gasteiger partial charge in [-0.25, -0.2) is 10.8 Å². The van der Waals surface area contributed by atoms with Crippen LogP contribution in [0, 0.1) is 0 Å². The molecule has 6 heteroatoms. The predicted molar refractivity (Wildman–Crippen MR) is 82.0 cm³/mol. The Balaban J connectivity index is 2.24. The molecule has 0 aliphatic carbocycles. The number of nitrogens with one attached hydrogen (secondary N) is 2. The van der Waals surface area contributed by atoms with Gasteiger partial charge in [0.15, 0.2) is 0 Å². The smallest absolute Gasteiger partial charge is 0.251 e. The molecule has 21 heavy (non-hydrogen) atoms. The van der Waals surface area contributed by atoms with Gasteiger partial charge < -0.3 is 15.5 Å². The highest BCUT2D eigenvalue weighted by Gasteiger charge is 2.38. The first-order chi connectivity index (χ1) is 9.85. The van der Waals surface area contributed by atoms with Crippen LogP contribution in [0.5, 0.6) is 0 Å². The largest absolute Gasteiger partial charge is 0.376 e. The number of carbonyl (C=O) groups excluding carboxylic acids is 1. The number of pyridine rings is 1. The van der Waals surface area contributed by atoms with Gasteiger partial charge in [0.05, 0.1) is 11.6 Å². The lowest BCUT2D eigenvalue weighted by Crippen LogP contribution is -2.50. The molecule has 1 amide bonds. The zero-order valence-electron chi connectivity index (χ0n) is 13.1. The van der Waals surface area contributed by atoms with E-state index < -0.39 is 0 Å². The summed E-state index contributed by atoms with van der Waals surface area (Å²) in [5, 5.41) is 3.08. The molecule has 0 bridgehead atoms. The second-order valence-electron chi connectivity index (χ2n) is 6.10. The van der Waals surface area contributed by atoms with Crippen LogP contribution in [0.2, 0.25) is 0 Å². The molecule has 1 aliphatic heterocycles. The first-order valence-corrected chi connectivity index (χ1v) is 7.28. The highest BCUT2D eigenvalue weighted by Crippen LogP contribution is 2.26. The van der Waals surface area contributed by atoms with Crippen molar-refractivity contribution in [1.82, 2.24) is 10.3 Å². The summed E-state index contributed by atoms with van der Waals surface area (Å²) in [4.78, 5) is 16.9. The summed E-state index contributed by atoms with van der Waals surface area (Å²) in [5.41, 5.74) is 3.56. The van der Waals surface area contributed by atoms with Crippen molar-refractivity contribution in [3.63, 3.8) is 0 Å². The molecule has 1 aliphatic rings. The fourth-order valence-corrected chi connectivity index (χ4v) is 2.38. The number of nitrogens with two attached hydrogens (primary N) is 1. The average molecular weight is 292 g/mol. The summed E-state index contributed by atoms with van der Waals surface area (Å²) in [6.07, 6.45) is 0.810. The van der Waals surface area contributed by atoms with E-state index in [2.05, 4.69) is 15.7 Å². The average Bonchev–Trinajstić information content (AvgIpc) is 2.77. The van der Waals surface area contributed by atoms with E-state index in [9.17, 15) is 4.79 Å². The molecule has 1 saturated heterocycles. The SMILES string of the molecule is CC(C)c1cc(C(=O)NC2(C)CCOC2C)cc(NN)n1. The van der Waals surface area contributed by atoms with E-state index in [1.807, 2.05) is 33.8 Å². The molecule has 1 fully saturated rings. The van der Waals surface area contributed by atoms with Gasteiger partial charge in [0.1, 0.15) is 5.82 Å². The highest BCUT2D eigenvalue weighted by molar-refractivity contribution is 5.95. The van der Waals surface area contributed by atoms with E-state index in [0.29, 0.717) is 18.0 Å². The van der Waals surface area contributed by atoms with Gasteiger partial charge in [-0.2, -0.15) is 0 Å². The van der Waals surface area contributed by atoms with Crippen molar-refractivity contribution in [1.29, 1.82) is 0 Å². The topological polar surface area (TPSA) is 89.3 Å². The second-order valence-corrected chi connectivity index (χ2v) is 6.10. The standard InChI is InChI=1S/C15H24N4O2/c1-9(2)12-7-11(8-13(17-12)19-16)14(20)18-15(4)5-6-21-10(15)3/h7-10H,5-6,16H2,1-4H3,(H,17,19)(H,18,20). The van der Waals surface area contributed by atoms with Crippen LogP contribution in [0.15, 0.2) is 12.1 Å². The Morgan fingerprint density at radius 3 is 2.76 bits per heavy atom. The molecule has 0 spiro atoms. The monoisotopic (exact) mass is 292 g/mol. The number of amides is 1. The van der Waals surface area contributed by atoms with Gasteiger partial charge in [-0.1, -0.05) is 13.8 Å². The normalized spacial score (nSPS) is 25.1. The minimum Gasteiger partial charge on any atom is -0.376 e. The van der Waals surface area contributed by atoms with Crippen molar-refractivity contribution in [2.75, 3.05) is 12.0 Å². The van der Waals surface area contributed by atoms with E-state index in [1.54, 1.807) is 6.07 Å². The Labute approximate surface area is 125 Å². The highest BCUT2D eigenvalue weighted by atomic mass is 16.5. The Bertz CT molecular complexity index is 532. The lowest BCUT2D eigenvalue weighted by atomic mass is 9.94. The summed E-state index contributed by atoms with van der Waals surface area (Å²) >= 11 is 0. The van der Waals surface area contributed by atoms with Crippen LogP contribution < -0.4 is 16.6 Å². The molecule has 0 aromatic carbocycles. The zero-order valence-corrected chi connectivity index (χ0v) is 13.1. The maximum Gasteiger partial charge on any atom is 0.251 e. The Hall–Kier alpha value is -1.66. The van der Waals surface area contributed by atoms with Crippen LogP contribution in [-0.2, 0) is 4.74 Å². The van der Waals surface area contributed by atoms with Crippen molar-refractivity contribution >= 4 is 11.7 Å². The summed E-state index contributed by atoms with van der Waals surface area (Å²) in [7, 11) is 0. The predicted octanol–water partition coefficient (Wildman–Crippen LogP) is 1.79. The lowest BCUT2D eigenvalue weighted by Gasteiger charge is -2.29. The first-order valence-electron chi connectivity index (χ1n) is 7.28. The zero-order chi connectivity index (χ0) is 15.6.